The summed E-state index contributed by atoms with van der Waals surface area (Å²) in [4.78, 5) is 40.9. The van der Waals surface area contributed by atoms with E-state index in [4.69, 9.17) is 0 Å². The van der Waals surface area contributed by atoms with Crippen molar-refractivity contribution in [3.8, 4) is 5.75 Å². The summed E-state index contributed by atoms with van der Waals surface area (Å²) in [6.45, 7) is 0.630. The summed E-state index contributed by atoms with van der Waals surface area (Å²) >= 11 is 0. The predicted octanol–water partition coefficient (Wildman–Crippen LogP) is 1.89. The van der Waals surface area contributed by atoms with Gasteiger partial charge in [-0.15, -0.1) is 0 Å². The minimum absolute atomic E-state index is 0.0230. The molecule has 1 aliphatic rings. The van der Waals surface area contributed by atoms with Gasteiger partial charge < -0.3 is 14.9 Å². The van der Waals surface area contributed by atoms with E-state index in [0.717, 1.165) is 24.8 Å². The molecule has 1 heterocycles. The lowest BCUT2D eigenvalue weighted by molar-refractivity contribution is -0.169. The molecule has 1 unspecified atom stereocenters. The normalized spacial score (nSPS) is 15.4. The highest BCUT2D eigenvalue weighted by molar-refractivity contribution is 5.89. The zero-order chi connectivity index (χ0) is 23.8. The number of aryl methyl sites for hydroxylation is 1. The van der Waals surface area contributed by atoms with E-state index in [9.17, 15) is 19.5 Å². The maximum Gasteiger partial charge on any atom is 0.245 e. The SMILES string of the molecule is CN(CCCCc1ccccc1)C(=O)C(Cc1ccc(O)cc1)N1CN(C=O)N(C)CC1=O. The fourth-order valence-electron chi connectivity index (χ4n) is 3.98. The molecule has 0 radical (unpaired) electrons. The molecule has 0 bridgehead atoms. The molecular weight excluding hydrogens is 420 g/mol. The van der Waals surface area contributed by atoms with Gasteiger partial charge in [-0.25, -0.2) is 5.01 Å². The highest BCUT2D eigenvalue weighted by Gasteiger charge is 2.37. The number of hydrogen-bond donors (Lipinski definition) is 1. The highest BCUT2D eigenvalue weighted by Crippen LogP contribution is 2.19. The Hall–Kier alpha value is -3.39. The van der Waals surface area contributed by atoms with Crippen LogP contribution < -0.4 is 0 Å². The first-order chi connectivity index (χ1) is 15.9. The molecule has 1 N–H and O–H groups in total. The lowest BCUT2D eigenvalue weighted by Crippen LogP contribution is -2.63. The molecular formula is C25H32N4O4. The van der Waals surface area contributed by atoms with E-state index in [0.29, 0.717) is 19.4 Å². The van der Waals surface area contributed by atoms with E-state index >= 15 is 0 Å². The zero-order valence-electron chi connectivity index (χ0n) is 19.3. The number of amides is 3. The molecule has 176 valence electrons. The number of phenolic OH excluding ortho intramolecular Hbond substituents is 1. The fourth-order valence-corrected chi connectivity index (χ4v) is 3.98. The topological polar surface area (TPSA) is 84.4 Å². The minimum Gasteiger partial charge on any atom is -0.508 e. The number of carbonyl (C=O) groups is 3. The summed E-state index contributed by atoms with van der Waals surface area (Å²) in [6, 6.07) is 16.1. The first-order valence-electron chi connectivity index (χ1n) is 11.2. The zero-order valence-corrected chi connectivity index (χ0v) is 19.3. The van der Waals surface area contributed by atoms with Gasteiger partial charge in [0.25, 0.3) is 0 Å². The monoisotopic (exact) mass is 452 g/mol. The van der Waals surface area contributed by atoms with Gasteiger partial charge in [0.2, 0.25) is 18.2 Å². The number of hydrazine groups is 1. The highest BCUT2D eigenvalue weighted by atomic mass is 16.3. The molecule has 0 aliphatic carbocycles. The maximum atomic E-state index is 13.5. The van der Waals surface area contributed by atoms with Crippen LogP contribution in [0.4, 0.5) is 0 Å². The van der Waals surface area contributed by atoms with Crippen LogP contribution in [0.3, 0.4) is 0 Å². The first kappa shape index (κ1) is 24.3. The average molecular weight is 453 g/mol. The van der Waals surface area contributed by atoms with E-state index in [-0.39, 0.29) is 30.8 Å². The third kappa shape index (κ3) is 6.55. The summed E-state index contributed by atoms with van der Waals surface area (Å²) < 4.78 is 0. The van der Waals surface area contributed by atoms with Crippen molar-refractivity contribution in [3.05, 3.63) is 65.7 Å². The Labute approximate surface area is 195 Å². The molecule has 1 aliphatic heterocycles. The van der Waals surface area contributed by atoms with Gasteiger partial charge in [-0.05, 0) is 42.5 Å². The van der Waals surface area contributed by atoms with Crippen LogP contribution in [0, 0.1) is 0 Å². The molecule has 33 heavy (non-hydrogen) atoms. The van der Waals surface area contributed by atoms with Crippen molar-refractivity contribution in [2.24, 2.45) is 0 Å². The van der Waals surface area contributed by atoms with Crippen molar-refractivity contribution in [2.75, 3.05) is 33.9 Å². The van der Waals surface area contributed by atoms with Gasteiger partial charge >= 0.3 is 0 Å². The molecule has 0 saturated carbocycles. The molecule has 2 aromatic rings. The van der Waals surface area contributed by atoms with E-state index in [2.05, 4.69) is 12.1 Å². The van der Waals surface area contributed by atoms with Crippen molar-refractivity contribution in [2.45, 2.75) is 31.7 Å². The molecule has 0 aromatic heterocycles. The third-order valence-corrected chi connectivity index (χ3v) is 6.00. The molecule has 1 fully saturated rings. The van der Waals surface area contributed by atoms with Gasteiger partial charge in [0.15, 0.2) is 0 Å². The average Bonchev–Trinajstić information content (AvgIpc) is 2.82. The van der Waals surface area contributed by atoms with Gasteiger partial charge in [0.1, 0.15) is 18.5 Å². The second kappa shape index (κ2) is 11.5. The van der Waals surface area contributed by atoms with Crippen molar-refractivity contribution in [3.63, 3.8) is 0 Å². The van der Waals surface area contributed by atoms with Gasteiger partial charge in [0.05, 0.1) is 6.54 Å². The maximum absolute atomic E-state index is 13.5. The number of unbranched alkanes of at least 4 members (excludes halogenated alkanes) is 1. The van der Waals surface area contributed by atoms with E-state index in [1.165, 1.54) is 15.5 Å². The number of likely N-dealkylation sites (N-methyl/N-ethyl adjacent to an activating group) is 2. The number of carbonyl (C=O) groups excluding carboxylic acids is 3. The van der Waals surface area contributed by atoms with Crippen molar-refractivity contribution in [1.82, 2.24) is 19.8 Å². The Balaban J connectivity index is 1.68. The van der Waals surface area contributed by atoms with Crippen LogP contribution in [0.15, 0.2) is 54.6 Å². The lowest BCUT2D eigenvalue weighted by Gasteiger charge is -2.43. The van der Waals surface area contributed by atoms with Crippen molar-refractivity contribution < 1.29 is 19.5 Å². The molecule has 8 nitrogen and oxygen atoms in total. The fraction of sp³-hybridized carbons (Fsp3) is 0.400. The quantitative estimate of drug-likeness (QED) is 0.440. The van der Waals surface area contributed by atoms with Crippen LogP contribution in [0.1, 0.15) is 24.0 Å². The van der Waals surface area contributed by atoms with Crippen LogP contribution >= 0.6 is 0 Å². The Morgan fingerprint density at radius 1 is 1.09 bits per heavy atom. The summed E-state index contributed by atoms with van der Waals surface area (Å²) in [5.74, 6) is -0.225. The second-order valence-electron chi connectivity index (χ2n) is 8.45. The first-order valence-corrected chi connectivity index (χ1v) is 11.2. The lowest BCUT2D eigenvalue weighted by atomic mass is 10.0. The van der Waals surface area contributed by atoms with Crippen LogP contribution in [-0.2, 0) is 27.2 Å². The largest absolute Gasteiger partial charge is 0.508 e. The van der Waals surface area contributed by atoms with Crippen molar-refractivity contribution >= 4 is 18.2 Å². The number of hydrogen-bond acceptors (Lipinski definition) is 5. The van der Waals surface area contributed by atoms with E-state index in [1.54, 1.807) is 48.3 Å². The predicted molar refractivity (Wildman–Crippen MR) is 125 cm³/mol. The van der Waals surface area contributed by atoms with Gasteiger partial charge in [-0.3, -0.25) is 19.4 Å². The molecule has 1 atom stereocenters. The number of rotatable bonds is 10. The van der Waals surface area contributed by atoms with Crippen LogP contribution in [-0.4, -0.2) is 83.0 Å². The molecule has 3 amide bonds. The van der Waals surface area contributed by atoms with Crippen LogP contribution in [0.2, 0.25) is 0 Å². The number of phenols is 1. The Bertz CT molecular complexity index is 935. The van der Waals surface area contributed by atoms with Gasteiger partial charge in [0, 0.05) is 27.1 Å². The molecule has 2 aromatic carbocycles. The Morgan fingerprint density at radius 2 is 1.79 bits per heavy atom. The smallest absolute Gasteiger partial charge is 0.245 e. The Morgan fingerprint density at radius 3 is 2.45 bits per heavy atom. The second-order valence-corrected chi connectivity index (χ2v) is 8.45. The van der Waals surface area contributed by atoms with Crippen LogP contribution in [0.25, 0.3) is 0 Å². The number of aromatic hydroxyl groups is 1. The standard InChI is InChI=1S/C25H32N4O4/c1-26(15-7-6-10-20-8-4-3-5-9-20)25(33)23(16-21-11-13-22(31)14-12-21)29-18-28(19-30)27(2)17-24(29)32/h3-5,8-9,11-14,19,23,31H,6-7,10,15-18H2,1-2H3. The summed E-state index contributed by atoms with van der Waals surface area (Å²) in [6.07, 6.45) is 3.71. The molecule has 8 heteroatoms. The van der Waals surface area contributed by atoms with Crippen molar-refractivity contribution in [1.29, 1.82) is 0 Å². The van der Waals surface area contributed by atoms with E-state index < -0.39 is 6.04 Å². The Kier molecular flexibility index (Phi) is 8.43. The summed E-state index contributed by atoms with van der Waals surface area (Å²) in [5, 5.41) is 12.5. The number of benzene rings is 2. The summed E-state index contributed by atoms with van der Waals surface area (Å²) in [7, 11) is 3.42. The summed E-state index contributed by atoms with van der Waals surface area (Å²) in [5.41, 5.74) is 2.10. The van der Waals surface area contributed by atoms with Gasteiger partial charge in [-0.1, -0.05) is 42.5 Å². The third-order valence-electron chi connectivity index (χ3n) is 6.00. The molecule has 0 spiro atoms. The van der Waals surface area contributed by atoms with Gasteiger partial charge in [-0.2, -0.15) is 0 Å². The van der Waals surface area contributed by atoms with E-state index in [1.807, 2.05) is 18.2 Å². The molecule has 1 saturated heterocycles. The molecule has 3 rings (SSSR count). The minimum atomic E-state index is -0.739. The van der Waals surface area contributed by atoms with Crippen LogP contribution in [0.5, 0.6) is 5.75 Å². The number of nitrogens with zero attached hydrogens (tertiary/aromatic N) is 4.